The van der Waals surface area contributed by atoms with Gasteiger partial charge in [-0.15, -0.1) is 0 Å². The number of carbonyl (C=O) groups excluding carboxylic acids is 1. The van der Waals surface area contributed by atoms with Crippen molar-refractivity contribution < 1.29 is 4.79 Å². The van der Waals surface area contributed by atoms with Gasteiger partial charge in [0.15, 0.2) is 0 Å². The van der Waals surface area contributed by atoms with Crippen LogP contribution >= 0.6 is 0 Å². The Hall–Kier alpha value is -1.77. The third-order valence-electron chi connectivity index (χ3n) is 3.01. The van der Waals surface area contributed by atoms with Gasteiger partial charge in [-0.25, -0.2) is 0 Å². The predicted molar refractivity (Wildman–Crippen MR) is 74.2 cm³/mol. The third kappa shape index (κ3) is 3.36. The number of H-pyrrole nitrogens is 1. The summed E-state index contributed by atoms with van der Waals surface area (Å²) in [5.41, 5.74) is 2.16. The minimum absolute atomic E-state index is 0.127. The first-order valence-electron chi connectivity index (χ1n) is 6.48. The maximum atomic E-state index is 11.6. The van der Waals surface area contributed by atoms with Crippen molar-refractivity contribution in [2.45, 2.75) is 33.2 Å². The lowest BCUT2D eigenvalue weighted by molar-refractivity contribution is -0.121. The Kier molecular flexibility index (Phi) is 4.03. The Morgan fingerprint density at radius 1 is 1.33 bits per heavy atom. The highest BCUT2D eigenvalue weighted by atomic mass is 16.1. The number of aromatic amines is 1. The fourth-order valence-electron chi connectivity index (χ4n) is 1.93. The second-order valence-electron chi connectivity index (χ2n) is 5.09. The van der Waals surface area contributed by atoms with Gasteiger partial charge in [-0.1, -0.05) is 32.0 Å². The topological polar surface area (TPSA) is 44.9 Å². The Morgan fingerprint density at radius 3 is 2.83 bits per heavy atom. The van der Waals surface area contributed by atoms with Gasteiger partial charge in [-0.3, -0.25) is 4.79 Å². The lowest BCUT2D eigenvalue weighted by Crippen LogP contribution is -2.22. The molecule has 0 aliphatic carbocycles. The number of nitrogens with one attached hydrogen (secondary N) is 2. The molecule has 1 amide bonds. The number of hydrogen-bond acceptors (Lipinski definition) is 1. The van der Waals surface area contributed by atoms with Crippen molar-refractivity contribution in [1.29, 1.82) is 0 Å². The van der Waals surface area contributed by atoms with Gasteiger partial charge in [-0.2, -0.15) is 0 Å². The molecule has 0 saturated carbocycles. The van der Waals surface area contributed by atoms with Crippen LogP contribution in [0.25, 0.3) is 10.9 Å². The van der Waals surface area contributed by atoms with E-state index >= 15 is 0 Å². The fraction of sp³-hybridized carbons (Fsp3) is 0.400. The van der Waals surface area contributed by atoms with Crippen molar-refractivity contribution in [1.82, 2.24) is 10.3 Å². The number of benzene rings is 1. The quantitative estimate of drug-likeness (QED) is 0.833. The van der Waals surface area contributed by atoms with Gasteiger partial charge in [0.25, 0.3) is 0 Å². The summed E-state index contributed by atoms with van der Waals surface area (Å²) in [5, 5.41) is 4.13. The average Bonchev–Trinajstić information content (AvgIpc) is 2.76. The molecule has 2 N–H and O–H groups in total. The standard InChI is InChI=1S/C15H20N2O/c1-11(2)7-8-15(18)16-10-13-9-12-5-3-4-6-14(12)17-13/h3-6,9,11,17H,7-8,10H2,1-2H3,(H,16,18). The Balaban J connectivity index is 1.88. The lowest BCUT2D eigenvalue weighted by atomic mass is 10.1. The molecule has 0 aliphatic heterocycles. The minimum atomic E-state index is 0.127. The van der Waals surface area contributed by atoms with Gasteiger partial charge in [0.2, 0.25) is 5.91 Å². The zero-order valence-corrected chi connectivity index (χ0v) is 11.0. The largest absolute Gasteiger partial charge is 0.357 e. The second kappa shape index (κ2) is 5.71. The summed E-state index contributed by atoms with van der Waals surface area (Å²) in [6, 6.07) is 10.2. The molecular weight excluding hydrogens is 224 g/mol. The molecule has 2 rings (SSSR count). The number of amides is 1. The van der Waals surface area contributed by atoms with Crippen molar-refractivity contribution in [3.63, 3.8) is 0 Å². The van der Waals surface area contributed by atoms with Gasteiger partial charge in [-0.05, 0) is 29.9 Å². The summed E-state index contributed by atoms with van der Waals surface area (Å²) in [4.78, 5) is 14.9. The molecule has 0 saturated heterocycles. The van der Waals surface area contributed by atoms with Gasteiger partial charge in [0, 0.05) is 17.6 Å². The van der Waals surface area contributed by atoms with Gasteiger partial charge >= 0.3 is 0 Å². The van der Waals surface area contributed by atoms with E-state index in [0.717, 1.165) is 17.6 Å². The van der Waals surface area contributed by atoms with Crippen LogP contribution < -0.4 is 5.32 Å². The van der Waals surface area contributed by atoms with E-state index in [9.17, 15) is 4.79 Å². The van der Waals surface area contributed by atoms with Crippen molar-refractivity contribution in [3.05, 3.63) is 36.0 Å². The fourth-order valence-corrected chi connectivity index (χ4v) is 1.93. The van der Waals surface area contributed by atoms with E-state index in [1.807, 2.05) is 18.2 Å². The van der Waals surface area contributed by atoms with Crippen LogP contribution in [0.3, 0.4) is 0 Å². The number of aromatic nitrogens is 1. The summed E-state index contributed by atoms with van der Waals surface area (Å²) in [7, 11) is 0. The lowest BCUT2D eigenvalue weighted by Gasteiger charge is -2.05. The summed E-state index contributed by atoms with van der Waals surface area (Å²) < 4.78 is 0. The molecule has 1 heterocycles. The van der Waals surface area contributed by atoms with E-state index in [1.54, 1.807) is 0 Å². The molecule has 0 fully saturated rings. The number of carbonyl (C=O) groups is 1. The third-order valence-corrected chi connectivity index (χ3v) is 3.01. The minimum Gasteiger partial charge on any atom is -0.357 e. The summed E-state index contributed by atoms with van der Waals surface area (Å²) in [6.07, 6.45) is 1.55. The zero-order chi connectivity index (χ0) is 13.0. The van der Waals surface area contributed by atoms with Gasteiger partial charge in [0.05, 0.1) is 6.54 Å². The average molecular weight is 244 g/mol. The SMILES string of the molecule is CC(C)CCC(=O)NCc1cc2ccccc2[nH]1. The van der Waals surface area contributed by atoms with Crippen LogP contribution in [0.5, 0.6) is 0 Å². The molecule has 0 unspecified atom stereocenters. The summed E-state index contributed by atoms with van der Waals surface area (Å²) in [5.74, 6) is 0.700. The molecule has 96 valence electrons. The molecule has 18 heavy (non-hydrogen) atoms. The first kappa shape index (κ1) is 12.7. The molecule has 0 bridgehead atoms. The van der Waals surface area contributed by atoms with E-state index in [1.165, 1.54) is 5.39 Å². The molecule has 0 atom stereocenters. The molecule has 0 aliphatic rings. The molecular formula is C15H20N2O. The predicted octanol–water partition coefficient (Wildman–Crippen LogP) is 3.22. The van der Waals surface area contributed by atoms with Crippen LogP contribution in [0.2, 0.25) is 0 Å². The Labute approximate surface area is 108 Å². The number of hydrogen-bond donors (Lipinski definition) is 2. The molecule has 3 heteroatoms. The smallest absolute Gasteiger partial charge is 0.220 e. The van der Waals surface area contributed by atoms with E-state index in [0.29, 0.717) is 18.9 Å². The van der Waals surface area contributed by atoms with Crippen LogP contribution in [0.1, 0.15) is 32.4 Å². The Bertz CT molecular complexity index is 495. The Morgan fingerprint density at radius 2 is 2.11 bits per heavy atom. The van der Waals surface area contributed by atoms with E-state index in [4.69, 9.17) is 0 Å². The van der Waals surface area contributed by atoms with Gasteiger partial charge < -0.3 is 10.3 Å². The maximum Gasteiger partial charge on any atom is 0.220 e. The van der Waals surface area contributed by atoms with Crippen LogP contribution in [0.4, 0.5) is 0 Å². The molecule has 3 nitrogen and oxygen atoms in total. The number of rotatable bonds is 5. The highest BCUT2D eigenvalue weighted by Crippen LogP contribution is 2.14. The summed E-state index contributed by atoms with van der Waals surface area (Å²) in [6.45, 7) is 4.83. The highest BCUT2D eigenvalue weighted by molar-refractivity contribution is 5.80. The second-order valence-corrected chi connectivity index (χ2v) is 5.09. The molecule has 0 radical (unpaired) electrons. The van der Waals surface area contributed by atoms with Gasteiger partial charge in [0.1, 0.15) is 0 Å². The number of para-hydroxylation sites is 1. The molecule has 1 aromatic carbocycles. The molecule has 1 aromatic heterocycles. The van der Waals surface area contributed by atoms with Crippen molar-refractivity contribution in [2.75, 3.05) is 0 Å². The first-order chi connectivity index (χ1) is 8.65. The van der Waals surface area contributed by atoms with E-state index < -0.39 is 0 Å². The molecule has 2 aromatic rings. The monoisotopic (exact) mass is 244 g/mol. The maximum absolute atomic E-state index is 11.6. The summed E-state index contributed by atoms with van der Waals surface area (Å²) >= 11 is 0. The van der Waals surface area contributed by atoms with E-state index in [-0.39, 0.29) is 5.91 Å². The first-order valence-corrected chi connectivity index (χ1v) is 6.48. The van der Waals surface area contributed by atoms with Crippen LogP contribution in [-0.2, 0) is 11.3 Å². The van der Waals surface area contributed by atoms with Crippen molar-refractivity contribution >= 4 is 16.8 Å². The van der Waals surface area contributed by atoms with Crippen LogP contribution in [-0.4, -0.2) is 10.9 Å². The number of fused-ring (bicyclic) bond motifs is 1. The van der Waals surface area contributed by atoms with E-state index in [2.05, 4.69) is 36.3 Å². The normalized spacial score (nSPS) is 11.1. The highest BCUT2D eigenvalue weighted by Gasteiger charge is 2.04. The van der Waals surface area contributed by atoms with Crippen molar-refractivity contribution in [2.24, 2.45) is 5.92 Å². The zero-order valence-electron chi connectivity index (χ0n) is 11.0. The van der Waals surface area contributed by atoms with Crippen LogP contribution in [0, 0.1) is 5.92 Å². The molecule has 0 spiro atoms. The van der Waals surface area contributed by atoms with Crippen molar-refractivity contribution in [3.8, 4) is 0 Å². The van der Waals surface area contributed by atoms with Crippen LogP contribution in [0.15, 0.2) is 30.3 Å².